The molecule has 0 amide bonds. The number of furan rings is 1. The van der Waals surface area contributed by atoms with Crippen molar-refractivity contribution >= 4 is 46.5 Å². The summed E-state index contributed by atoms with van der Waals surface area (Å²) >= 11 is 3.70. The number of benzene rings is 2. The number of nitrogens with one attached hydrogen (secondary N) is 2. The number of para-hydroxylation sites is 1. The van der Waals surface area contributed by atoms with Crippen molar-refractivity contribution < 1.29 is 56.9 Å². The number of alkyl halides is 3. The second-order valence-electron chi connectivity index (χ2n) is 14.8. The van der Waals surface area contributed by atoms with E-state index in [1.807, 2.05) is 89.8 Å². The molecule has 4 N–H and O–H groups in total. The molecule has 69 heavy (non-hydrogen) atoms. The van der Waals surface area contributed by atoms with Crippen molar-refractivity contribution in [1.82, 2.24) is 20.3 Å². The van der Waals surface area contributed by atoms with Crippen molar-refractivity contribution in [1.29, 1.82) is 0 Å². The first kappa shape index (κ1) is 52.2. The molecule has 1 aliphatic carbocycles. The van der Waals surface area contributed by atoms with Gasteiger partial charge in [-0.15, -0.1) is 6.54 Å². The van der Waals surface area contributed by atoms with Crippen LogP contribution in [0.1, 0.15) is 39.6 Å². The van der Waals surface area contributed by atoms with Gasteiger partial charge in [0.2, 0.25) is 5.88 Å². The number of thiocarbonyl (C=S) groups is 1. The molecule has 2 aliphatic rings. The summed E-state index contributed by atoms with van der Waals surface area (Å²) in [6.07, 6.45) is 5.67. The van der Waals surface area contributed by atoms with Gasteiger partial charge in [-0.25, -0.2) is 14.6 Å². The Morgan fingerprint density at radius 2 is 1.54 bits per heavy atom. The molecule has 2 aromatic carbocycles. The maximum absolute atomic E-state index is 12.7. The van der Waals surface area contributed by atoms with Gasteiger partial charge in [0, 0.05) is 35.6 Å². The predicted molar refractivity (Wildman–Crippen MR) is 258 cm³/mol. The second-order valence-corrected chi connectivity index (χ2v) is 15.0. The topological polar surface area (TPSA) is 202 Å². The van der Waals surface area contributed by atoms with Crippen LogP contribution in [0.3, 0.4) is 0 Å². The minimum Gasteiger partial charge on any atom is -0.753 e. The number of likely N-dealkylation sites (N-methyl/N-ethyl adjacent to an activating group) is 1. The summed E-state index contributed by atoms with van der Waals surface area (Å²) < 4.78 is 44.6. The summed E-state index contributed by atoms with van der Waals surface area (Å²) in [6.45, 7) is 2.48. The number of aromatic carboxylic acids is 2. The molecule has 13 nitrogen and oxygen atoms in total. The zero-order chi connectivity index (χ0) is 48.8. The van der Waals surface area contributed by atoms with E-state index in [0.29, 0.717) is 29.4 Å². The number of carboxylic acids is 2. The van der Waals surface area contributed by atoms with E-state index in [-0.39, 0.29) is 65.0 Å². The minimum atomic E-state index is -4.44. The molecule has 0 saturated heterocycles. The Labute approximate surface area is 413 Å². The van der Waals surface area contributed by atoms with Crippen LogP contribution in [0.5, 0.6) is 0 Å². The van der Waals surface area contributed by atoms with E-state index in [9.17, 15) is 33.0 Å². The van der Waals surface area contributed by atoms with Crippen molar-refractivity contribution in [3.63, 3.8) is 0 Å². The first-order valence-electron chi connectivity index (χ1n) is 20.6. The fourth-order valence-electron chi connectivity index (χ4n) is 6.86. The molecular weight excluding hydrogens is 995 g/mol. The number of aromatic nitrogens is 3. The monoisotopic (exact) mass is 1040 g/mol. The number of carboxylic acid groups (broad SMARTS) is 2. The first-order chi connectivity index (χ1) is 32.7. The number of isothiocyanates is 1. The fraction of sp³-hybridized carbons (Fsp3) is 0.137. The molecule has 0 saturated carbocycles. The van der Waals surface area contributed by atoms with Gasteiger partial charge >= 0.3 is 37.6 Å². The minimum absolute atomic E-state index is 0. The Kier molecular flexibility index (Phi) is 18.4. The van der Waals surface area contributed by atoms with Crippen LogP contribution >= 0.6 is 12.2 Å². The predicted octanol–water partition coefficient (Wildman–Crippen LogP) is 12.3. The molecule has 349 valence electrons. The normalized spacial score (nSPS) is 14.3. The molecule has 8 rings (SSSR count). The molecule has 18 heteroatoms. The Morgan fingerprint density at radius 3 is 2.14 bits per heavy atom. The van der Waals surface area contributed by atoms with Crippen LogP contribution in [0.15, 0.2) is 179 Å². The van der Waals surface area contributed by atoms with Crippen LogP contribution in [0.4, 0.5) is 24.7 Å². The Hall–Kier alpha value is -7.80. The van der Waals surface area contributed by atoms with Gasteiger partial charge in [-0.3, -0.25) is 14.9 Å². The van der Waals surface area contributed by atoms with Crippen LogP contribution in [0, 0.1) is 5.92 Å². The number of allylic oxidation sites excluding steroid dienone is 4. The third kappa shape index (κ3) is 13.7. The van der Waals surface area contributed by atoms with E-state index < -0.39 is 24.2 Å². The molecule has 6 aromatic rings. The zero-order valence-electron chi connectivity index (χ0n) is 36.6. The van der Waals surface area contributed by atoms with Gasteiger partial charge in [0.25, 0.3) is 0 Å². The van der Waals surface area contributed by atoms with E-state index in [1.54, 1.807) is 24.4 Å². The van der Waals surface area contributed by atoms with Crippen molar-refractivity contribution in [2.24, 2.45) is 5.92 Å². The van der Waals surface area contributed by atoms with Gasteiger partial charge in [0.1, 0.15) is 11.8 Å². The number of hydrogen-bond donors (Lipinski definition) is 3. The van der Waals surface area contributed by atoms with Gasteiger partial charge < -0.3 is 36.4 Å². The van der Waals surface area contributed by atoms with Crippen molar-refractivity contribution in [3.8, 4) is 34.1 Å². The van der Waals surface area contributed by atoms with E-state index in [1.165, 1.54) is 42.7 Å². The molecule has 0 bridgehead atoms. The van der Waals surface area contributed by atoms with Gasteiger partial charge in [-0.05, 0) is 91.0 Å². The third-order valence-corrected chi connectivity index (χ3v) is 10.2. The molecule has 1 aliphatic heterocycles. The smallest absolute Gasteiger partial charge is 0.753 e. The van der Waals surface area contributed by atoms with Crippen molar-refractivity contribution in [2.75, 3.05) is 18.5 Å². The molecule has 5 heterocycles. The van der Waals surface area contributed by atoms with Gasteiger partial charge in [-0.1, -0.05) is 91.6 Å². The molecule has 2 atom stereocenters. The van der Waals surface area contributed by atoms with Crippen LogP contribution in [-0.4, -0.2) is 68.1 Å². The zero-order valence-corrected chi connectivity index (χ0v) is 39.2. The number of anilines is 2. The molecule has 0 fully saturated rings. The Balaban J connectivity index is 0.000000288. The number of halogens is 3. The maximum atomic E-state index is 12.7. The fourth-order valence-corrected chi connectivity index (χ4v) is 6.86. The van der Waals surface area contributed by atoms with E-state index in [0.717, 1.165) is 35.0 Å². The molecule has 4 aromatic heterocycles. The summed E-state index contributed by atoms with van der Waals surface area (Å²) in [5.41, 5.74) is 19.7. The molecule has 1 radical (unpaired) electrons. The average molecular weight is 1040 g/mol. The van der Waals surface area contributed by atoms with Crippen LogP contribution in [-0.2, 0) is 19.5 Å². The van der Waals surface area contributed by atoms with E-state index in [4.69, 9.17) is 15.6 Å². The maximum Gasteiger partial charge on any atom is 3.00 e. The number of pyridine rings is 3. The number of rotatable bonds is 12. The quantitative estimate of drug-likeness (QED) is 0.0455. The standard InChI is InChI=1S/C34H24N4O5.C16H16F3N3.CNS.Ru/c1-21-7-5-6-10-30(21)38(25-8-3-2-4-9-25)32-12-11-31(43-32)22-13-15-35-26(17-22)28-19-24(34(41)42)20-29(37-28)27-18-23(33(39)40)14-16-36-27;1-21-15(16(17,18)19)10-13(20)14-9-12(7-8-22-14)11-5-3-2-4-6-11;2-1-3;/h2-5,8-9,11-21H,7H2,1H3,(H,39,40)(H,41,42);2-7,9-10,15,20-21H,8H2,1H3;;/q;-2;-1;+3/b;13-10-;;. The number of nitrogens with zero attached hydrogens (tertiary/aromatic N) is 6. The Bertz CT molecular complexity index is 3030. The SMILES string of the molecule is CC1CC=C=C=C1N(c1ccccc1)c1ccc(-c2ccnc(-c3cc(C(=O)O)cc(-c4cc(C(=O)O)ccn4)n3)c2)o1.CNC(/C=C(\[NH-])C1=CC(c2ccccc2)=CC[N-]1)C(F)(F)F.[N-]=C=S.[Ru+3]. The molecule has 2 unspecified atom stereocenters. The van der Waals surface area contributed by atoms with Crippen molar-refractivity contribution in [3.05, 3.63) is 208 Å². The number of hydrogen-bond acceptors (Lipinski definition) is 9. The number of carbonyl (C=O) groups is 2. The van der Waals surface area contributed by atoms with Crippen LogP contribution in [0.25, 0.3) is 56.1 Å². The van der Waals surface area contributed by atoms with E-state index >= 15 is 0 Å². The summed E-state index contributed by atoms with van der Waals surface area (Å²) in [6, 6.07) is 30.3. The van der Waals surface area contributed by atoms with Gasteiger partial charge in [-0.2, -0.15) is 29.7 Å². The second kappa shape index (κ2) is 24.3. The Morgan fingerprint density at radius 1 is 0.928 bits per heavy atom. The largest absolute Gasteiger partial charge is 3.00 e. The third-order valence-electron chi connectivity index (χ3n) is 10.2. The van der Waals surface area contributed by atoms with E-state index in [2.05, 4.69) is 56.2 Å². The van der Waals surface area contributed by atoms with Crippen LogP contribution in [0.2, 0.25) is 0 Å². The first-order valence-corrected chi connectivity index (χ1v) is 21.0. The summed E-state index contributed by atoms with van der Waals surface area (Å²) in [5.74, 6) is -0.904. The van der Waals surface area contributed by atoms with Crippen LogP contribution < -0.4 is 10.2 Å². The summed E-state index contributed by atoms with van der Waals surface area (Å²) in [5, 5.41) is 33.9. The molecule has 0 spiro atoms. The van der Waals surface area contributed by atoms with Crippen molar-refractivity contribution in [2.45, 2.75) is 25.6 Å². The average Bonchev–Trinajstić information content (AvgIpc) is 3.84. The van der Waals surface area contributed by atoms with Gasteiger partial charge in [0.15, 0.2) is 0 Å². The van der Waals surface area contributed by atoms with Gasteiger partial charge in [0.05, 0.1) is 39.6 Å². The summed E-state index contributed by atoms with van der Waals surface area (Å²) in [7, 11) is 1.21. The summed E-state index contributed by atoms with van der Waals surface area (Å²) in [4.78, 5) is 38.7. The molecular formula is C51H40F3N8O5RuS.